The molecule has 2 aromatic rings. The number of nitro groups is 1. The van der Waals surface area contributed by atoms with E-state index in [9.17, 15) is 20.0 Å². The fourth-order valence-electron chi connectivity index (χ4n) is 2.03. The number of nitrogens with one attached hydrogen (secondary N) is 1. The standard InChI is InChI=1S/C15H14N2O4/c1-2-10-5-3-4-6-13(10)16-14-8-7-11(17(20)21)9-12(14)15(18)19/h3-9,16H,2H2,1H3,(H,18,19). The highest BCUT2D eigenvalue weighted by molar-refractivity contribution is 5.96. The summed E-state index contributed by atoms with van der Waals surface area (Å²) >= 11 is 0. The van der Waals surface area contributed by atoms with Crippen LogP contribution in [0.3, 0.4) is 0 Å². The summed E-state index contributed by atoms with van der Waals surface area (Å²) in [7, 11) is 0. The molecule has 0 radical (unpaired) electrons. The number of carboxylic acid groups (broad SMARTS) is 1. The van der Waals surface area contributed by atoms with Crippen LogP contribution in [0.4, 0.5) is 17.1 Å². The van der Waals surface area contributed by atoms with Crippen LogP contribution in [-0.4, -0.2) is 16.0 Å². The summed E-state index contributed by atoms with van der Waals surface area (Å²) in [6.45, 7) is 1.99. The van der Waals surface area contributed by atoms with Crippen molar-refractivity contribution in [2.75, 3.05) is 5.32 Å². The third kappa shape index (κ3) is 3.17. The molecule has 0 spiro atoms. The molecular formula is C15H14N2O4. The molecule has 0 aliphatic heterocycles. The highest BCUT2D eigenvalue weighted by Crippen LogP contribution is 2.27. The third-order valence-electron chi connectivity index (χ3n) is 3.11. The molecule has 0 heterocycles. The van der Waals surface area contributed by atoms with E-state index in [0.29, 0.717) is 5.69 Å². The zero-order valence-corrected chi connectivity index (χ0v) is 11.4. The first kappa shape index (κ1) is 14.5. The van der Waals surface area contributed by atoms with Crippen LogP contribution in [0.1, 0.15) is 22.8 Å². The van der Waals surface area contributed by atoms with E-state index in [1.165, 1.54) is 12.1 Å². The average molecular weight is 286 g/mol. The van der Waals surface area contributed by atoms with Crippen molar-refractivity contribution in [1.29, 1.82) is 0 Å². The smallest absolute Gasteiger partial charge is 0.338 e. The number of hydrogen-bond donors (Lipinski definition) is 2. The van der Waals surface area contributed by atoms with Crippen molar-refractivity contribution in [3.63, 3.8) is 0 Å². The van der Waals surface area contributed by atoms with Crippen LogP contribution in [0.15, 0.2) is 42.5 Å². The van der Waals surface area contributed by atoms with E-state index < -0.39 is 10.9 Å². The lowest BCUT2D eigenvalue weighted by atomic mass is 10.1. The topological polar surface area (TPSA) is 92.5 Å². The van der Waals surface area contributed by atoms with Crippen LogP contribution in [0.5, 0.6) is 0 Å². The highest BCUT2D eigenvalue weighted by Gasteiger charge is 2.16. The second-order valence-corrected chi connectivity index (χ2v) is 4.43. The van der Waals surface area contributed by atoms with Gasteiger partial charge in [0.05, 0.1) is 16.2 Å². The van der Waals surface area contributed by atoms with Gasteiger partial charge >= 0.3 is 5.97 Å². The number of hydrogen-bond acceptors (Lipinski definition) is 4. The number of nitrogens with zero attached hydrogens (tertiary/aromatic N) is 1. The number of carboxylic acids is 1. The molecule has 21 heavy (non-hydrogen) atoms. The van der Waals surface area contributed by atoms with E-state index in [4.69, 9.17) is 0 Å². The van der Waals surface area contributed by atoms with E-state index in [-0.39, 0.29) is 11.3 Å². The number of rotatable bonds is 5. The highest BCUT2D eigenvalue weighted by atomic mass is 16.6. The molecule has 2 aromatic carbocycles. The van der Waals surface area contributed by atoms with E-state index in [0.717, 1.165) is 23.7 Å². The molecule has 0 unspecified atom stereocenters. The number of aromatic carboxylic acids is 1. The second kappa shape index (κ2) is 6.04. The Morgan fingerprint density at radius 2 is 1.95 bits per heavy atom. The number of carbonyl (C=O) groups is 1. The summed E-state index contributed by atoms with van der Waals surface area (Å²) in [5.41, 5.74) is 1.77. The fourth-order valence-corrected chi connectivity index (χ4v) is 2.03. The van der Waals surface area contributed by atoms with Crippen molar-refractivity contribution < 1.29 is 14.8 Å². The van der Waals surface area contributed by atoms with Gasteiger partial charge in [0.25, 0.3) is 5.69 Å². The number of anilines is 2. The van der Waals surface area contributed by atoms with Gasteiger partial charge in [-0.3, -0.25) is 10.1 Å². The molecule has 0 aliphatic carbocycles. The van der Waals surface area contributed by atoms with Gasteiger partial charge in [-0.2, -0.15) is 0 Å². The van der Waals surface area contributed by atoms with Crippen LogP contribution in [-0.2, 0) is 6.42 Å². The molecule has 0 atom stereocenters. The first-order valence-corrected chi connectivity index (χ1v) is 6.39. The van der Waals surface area contributed by atoms with Crippen LogP contribution >= 0.6 is 0 Å². The van der Waals surface area contributed by atoms with Crippen molar-refractivity contribution in [3.05, 3.63) is 63.7 Å². The van der Waals surface area contributed by atoms with Crippen molar-refractivity contribution in [3.8, 4) is 0 Å². The molecule has 6 nitrogen and oxygen atoms in total. The Labute approximate surface area is 121 Å². The number of benzene rings is 2. The van der Waals surface area contributed by atoms with Crippen molar-refractivity contribution in [2.45, 2.75) is 13.3 Å². The summed E-state index contributed by atoms with van der Waals surface area (Å²) < 4.78 is 0. The van der Waals surface area contributed by atoms with Gasteiger partial charge in [0.2, 0.25) is 0 Å². The predicted octanol–water partition coefficient (Wildman–Crippen LogP) is 3.60. The molecule has 0 bridgehead atoms. The maximum Gasteiger partial charge on any atom is 0.338 e. The first-order valence-electron chi connectivity index (χ1n) is 6.39. The molecule has 0 aromatic heterocycles. The Morgan fingerprint density at radius 3 is 2.57 bits per heavy atom. The first-order chi connectivity index (χ1) is 10.0. The molecule has 0 amide bonds. The van der Waals surface area contributed by atoms with Gasteiger partial charge in [-0.05, 0) is 24.1 Å². The Morgan fingerprint density at radius 1 is 1.24 bits per heavy atom. The fraction of sp³-hybridized carbons (Fsp3) is 0.133. The minimum atomic E-state index is -1.21. The van der Waals surface area contributed by atoms with E-state index in [1.807, 2.05) is 31.2 Å². The maximum atomic E-state index is 11.3. The molecule has 108 valence electrons. The summed E-state index contributed by atoms with van der Waals surface area (Å²) in [5.74, 6) is -1.21. The molecular weight excluding hydrogens is 272 g/mol. The molecule has 0 saturated carbocycles. The minimum absolute atomic E-state index is 0.130. The van der Waals surface area contributed by atoms with Crippen molar-refractivity contribution in [1.82, 2.24) is 0 Å². The van der Waals surface area contributed by atoms with Crippen molar-refractivity contribution in [2.24, 2.45) is 0 Å². The SMILES string of the molecule is CCc1ccccc1Nc1ccc([N+](=O)[O-])cc1C(=O)O. The van der Waals surface area contributed by atoms with E-state index >= 15 is 0 Å². The molecule has 6 heteroatoms. The number of aryl methyl sites for hydroxylation is 1. The Kier molecular flexibility index (Phi) is 4.18. The molecule has 0 aliphatic rings. The van der Waals surface area contributed by atoms with Crippen molar-refractivity contribution >= 4 is 23.0 Å². The Balaban J connectivity index is 2.44. The van der Waals surface area contributed by atoms with Gasteiger partial charge in [-0.25, -0.2) is 4.79 Å². The van der Waals surface area contributed by atoms with Crippen LogP contribution in [0.2, 0.25) is 0 Å². The predicted molar refractivity (Wildman–Crippen MR) is 79.2 cm³/mol. The average Bonchev–Trinajstić information content (AvgIpc) is 2.47. The second-order valence-electron chi connectivity index (χ2n) is 4.43. The van der Waals surface area contributed by atoms with Crippen LogP contribution in [0, 0.1) is 10.1 Å². The third-order valence-corrected chi connectivity index (χ3v) is 3.11. The number of para-hydroxylation sites is 1. The zero-order chi connectivity index (χ0) is 15.4. The van der Waals surface area contributed by atoms with E-state index in [2.05, 4.69) is 5.32 Å². The van der Waals surface area contributed by atoms with E-state index in [1.54, 1.807) is 0 Å². The van der Waals surface area contributed by atoms with Gasteiger partial charge < -0.3 is 10.4 Å². The molecule has 0 saturated heterocycles. The van der Waals surface area contributed by atoms with Crippen LogP contribution in [0.25, 0.3) is 0 Å². The summed E-state index contributed by atoms with van der Waals surface area (Å²) in [4.78, 5) is 21.4. The molecule has 0 fully saturated rings. The van der Waals surface area contributed by atoms with Gasteiger partial charge in [0.1, 0.15) is 0 Å². The normalized spacial score (nSPS) is 10.1. The summed E-state index contributed by atoms with van der Waals surface area (Å²) in [6.07, 6.45) is 0.790. The number of nitro benzene ring substituents is 1. The van der Waals surface area contributed by atoms with Gasteiger partial charge in [-0.15, -0.1) is 0 Å². The summed E-state index contributed by atoms with van der Waals surface area (Å²) in [6, 6.07) is 11.3. The lowest BCUT2D eigenvalue weighted by molar-refractivity contribution is -0.384. The molecule has 2 rings (SSSR count). The van der Waals surface area contributed by atoms with Crippen LogP contribution < -0.4 is 5.32 Å². The Bertz CT molecular complexity index is 698. The lowest BCUT2D eigenvalue weighted by Gasteiger charge is -2.12. The quantitative estimate of drug-likeness (QED) is 0.647. The van der Waals surface area contributed by atoms with Gasteiger partial charge in [-0.1, -0.05) is 25.1 Å². The summed E-state index contributed by atoms with van der Waals surface area (Å²) in [5, 5.41) is 23.0. The zero-order valence-electron chi connectivity index (χ0n) is 11.4. The van der Waals surface area contributed by atoms with Gasteiger partial charge in [0.15, 0.2) is 0 Å². The molecule has 2 N–H and O–H groups in total. The monoisotopic (exact) mass is 286 g/mol. The lowest BCUT2D eigenvalue weighted by Crippen LogP contribution is -2.05. The Hall–Kier alpha value is -2.89. The maximum absolute atomic E-state index is 11.3. The minimum Gasteiger partial charge on any atom is -0.478 e. The van der Waals surface area contributed by atoms with Gasteiger partial charge in [0, 0.05) is 17.8 Å². The largest absolute Gasteiger partial charge is 0.478 e. The number of non-ortho nitro benzene ring substituents is 1.